The normalized spacial score (nSPS) is 24.4. The highest BCUT2D eigenvalue weighted by Gasteiger charge is 2.59. The highest BCUT2D eigenvalue weighted by atomic mass is 32.2. The third kappa shape index (κ3) is 3.25. The van der Waals surface area contributed by atoms with E-state index in [4.69, 9.17) is 0 Å². The lowest BCUT2D eigenvalue weighted by Gasteiger charge is -2.36. The van der Waals surface area contributed by atoms with Crippen LogP contribution >= 0.6 is 23.1 Å². The quantitative estimate of drug-likeness (QED) is 0.643. The molecule has 1 aromatic carbocycles. The number of fused-ring (bicyclic) bond motifs is 2. The predicted molar refractivity (Wildman–Crippen MR) is 124 cm³/mol. The van der Waals surface area contributed by atoms with E-state index in [1.54, 1.807) is 24.3 Å². The molecule has 0 unspecified atom stereocenters. The lowest BCUT2D eigenvalue weighted by atomic mass is 9.76. The molecule has 4 heterocycles. The molecule has 32 heavy (non-hydrogen) atoms. The van der Waals surface area contributed by atoms with E-state index in [1.165, 1.54) is 21.2 Å². The summed E-state index contributed by atoms with van der Waals surface area (Å²) >= 11 is 2.36. The monoisotopic (exact) mass is 471 g/mol. The molecule has 3 aliphatic heterocycles. The van der Waals surface area contributed by atoms with E-state index in [1.807, 2.05) is 24.8 Å². The first-order valence-corrected chi connectivity index (χ1v) is 12.6. The van der Waals surface area contributed by atoms with Gasteiger partial charge in [0.25, 0.3) is 0 Å². The van der Waals surface area contributed by atoms with Gasteiger partial charge in [-0.1, -0.05) is 55.1 Å². The van der Waals surface area contributed by atoms with Crippen molar-refractivity contribution in [2.24, 2.45) is 5.92 Å². The van der Waals surface area contributed by atoms with Crippen molar-refractivity contribution in [2.45, 2.75) is 55.3 Å². The molecule has 0 N–H and O–H groups in total. The van der Waals surface area contributed by atoms with Gasteiger partial charge in [-0.15, -0.1) is 0 Å². The van der Waals surface area contributed by atoms with Crippen molar-refractivity contribution >= 4 is 46.5 Å². The summed E-state index contributed by atoms with van der Waals surface area (Å²) in [5.41, 5.74) is -0.126. The Morgan fingerprint density at radius 3 is 2.41 bits per heavy atom. The van der Waals surface area contributed by atoms with Crippen LogP contribution in [0, 0.1) is 5.92 Å². The van der Waals surface area contributed by atoms with Crippen LogP contribution in [0.4, 0.5) is 5.69 Å². The number of benzene rings is 1. The van der Waals surface area contributed by atoms with E-state index in [0.717, 1.165) is 48.6 Å². The number of likely N-dealkylation sites (tertiary alicyclic amines) is 1. The molecule has 2 atom stereocenters. The van der Waals surface area contributed by atoms with Gasteiger partial charge in [0, 0.05) is 23.4 Å². The largest absolute Gasteiger partial charge is 0.341 e. The number of aromatic nitrogens is 1. The SMILES string of the molecule is CC1(C)c2sc(=O)n(CC(=O)N3CCCCC3)c2S[C@@H]2C(=O)N(c3ccccc3)C(=O)[C@@H]21. The number of imide groups is 1. The molecule has 3 aliphatic rings. The summed E-state index contributed by atoms with van der Waals surface area (Å²) in [5.74, 6) is -1.11. The third-order valence-corrected chi connectivity index (χ3v) is 9.54. The molecule has 2 fully saturated rings. The van der Waals surface area contributed by atoms with E-state index in [2.05, 4.69) is 0 Å². The van der Waals surface area contributed by atoms with E-state index in [9.17, 15) is 19.2 Å². The number of thiazole rings is 1. The van der Waals surface area contributed by atoms with Crippen LogP contribution in [-0.2, 0) is 26.3 Å². The van der Waals surface area contributed by atoms with Gasteiger partial charge in [0.2, 0.25) is 17.7 Å². The minimum absolute atomic E-state index is 0.0182. The van der Waals surface area contributed by atoms with Crippen LogP contribution in [0.25, 0.3) is 0 Å². The zero-order valence-electron chi connectivity index (χ0n) is 18.1. The van der Waals surface area contributed by atoms with E-state index < -0.39 is 16.6 Å². The summed E-state index contributed by atoms with van der Waals surface area (Å²) < 4.78 is 1.52. The Bertz CT molecular complexity index is 1150. The average Bonchev–Trinajstić information content (AvgIpc) is 3.24. The van der Waals surface area contributed by atoms with Gasteiger partial charge in [0.05, 0.1) is 16.6 Å². The van der Waals surface area contributed by atoms with Gasteiger partial charge >= 0.3 is 4.87 Å². The minimum atomic E-state index is -0.690. The number of nitrogens with zero attached hydrogens (tertiary/aromatic N) is 3. The number of anilines is 1. The summed E-state index contributed by atoms with van der Waals surface area (Å²) in [6.07, 6.45) is 3.10. The molecular weight excluding hydrogens is 446 g/mol. The topological polar surface area (TPSA) is 79.7 Å². The van der Waals surface area contributed by atoms with Crippen LogP contribution in [0.5, 0.6) is 0 Å². The fourth-order valence-corrected chi connectivity index (χ4v) is 8.02. The minimum Gasteiger partial charge on any atom is -0.341 e. The first kappa shape index (κ1) is 21.5. The molecule has 2 aromatic rings. The third-order valence-electron chi connectivity index (χ3n) is 6.72. The zero-order chi connectivity index (χ0) is 22.6. The smallest absolute Gasteiger partial charge is 0.308 e. The summed E-state index contributed by atoms with van der Waals surface area (Å²) in [7, 11) is 0. The molecule has 5 rings (SSSR count). The molecule has 0 aliphatic carbocycles. The van der Waals surface area contributed by atoms with Gasteiger partial charge in [-0.3, -0.25) is 23.7 Å². The van der Waals surface area contributed by atoms with Crippen LogP contribution in [0.1, 0.15) is 38.0 Å². The molecule has 0 radical (unpaired) electrons. The van der Waals surface area contributed by atoms with Gasteiger partial charge in [-0.05, 0) is 31.4 Å². The predicted octanol–water partition coefficient (Wildman–Crippen LogP) is 2.86. The van der Waals surface area contributed by atoms with Crippen molar-refractivity contribution in [1.29, 1.82) is 0 Å². The lowest BCUT2D eigenvalue weighted by Crippen LogP contribution is -2.42. The Hall–Kier alpha value is -2.39. The fourth-order valence-electron chi connectivity index (χ4n) is 4.98. The summed E-state index contributed by atoms with van der Waals surface area (Å²) in [6, 6.07) is 8.96. The second-order valence-electron chi connectivity index (χ2n) is 9.12. The zero-order valence-corrected chi connectivity index (χ0v) is 19.7. The number of piperidine rings is 1. The van der Waals surface area contributed by atoms with Crippen molar-refractivity contribution in [1.82, 2.24) is 9.47 Å². The number of hydrogen-bond donors (Lipinski definition) is 0. The summed E-state index contributed by atoms with van der Waals surface area (Å²) in [5, 5.41) is 0.0446. The van der Waals surface area contributed by atoms with Crippen LogP contribution in [0.3, 0.4) is 0 Å². The Balaban J connectivity index is 1.50. The van der Waals surface area contributed by atoms with Crippen LogP contribution in [0.15, 0.2) is 40.2 Å². The molecule has 0 saturated carbocycles. The maximum absolute atomic E-state index is 13.4. The molecular formula is C23H25N3O4S2. The Morgan fingerprint density at radius 2 is 1.72 bits per heavy atom. The van der Waals surface area contributed by atoms with Gasteiger partial charge in [0.1, 0.15) is 11.8 Å². The molecule has 3 amide bonds. The lowest BCUT2D eigenvalue weighted by molar-refractivity contribution is -0.133. The van der Waals surface area contributed by atoms with Gasteiger partial charge in [0.15, 0.2) is 0 Å². The number of thioether (sulfide) groups is 1. The average molecular weight is 472 g/mol. The maximum atomic E-state index is 13.4. The Kier molecular flexibility index (Phi) is 5.28. The number of hydrogen-bond acceptors (Lipinski definition) is 6. The van der Waals surface area contributed by atoms with E-state index in [-0.39, 0.29) is 29.1 Å². The first-order valence-electron chi connectivity index (χ1n) is 10.9. The molecule has 1 aromatic heterocycles. The fraction of sp³-hybridized carbons (Fsp3) is 0.478. The molecule has 0 spiro atoms. The molecule has 7 nitrogen and oxygen atoms in total. The number of rotatable bonds is 3. The molecule has 168 valence electrons. The van der Waals surface area contributed by atoms with Gasteiger partial charge in [-0.2, -0.15) is 0 Å². The van der Waals surface area contributed by atoms with Crippen molar-refractivity contribution in [3.05, 3.63) is 44.9 Å². The molecule has 0 bridgehead atoms. The standard InChI is InChI=1S/C23H25N3O4S2/c1-23(2)16-17(20(29)26(19(16)28)14-9-5-3-6-10-14)31-21-18(23)32-22(30)25(21)13-15(27)24-11-7-4-8-12-24/h3,5-6,9-10,16-17H,4,7-8,11-13H2,1-2H3/t16-,17+/m1/s1. The van der Waals surface area contributed by atoms with E-state index >= 15 is 0 Å². The van der Waals surface area contributed by atoms with Gasteiger partial charge < -0.3 is 4.90 Å². The molecule has 9 heteroatoms. The van der Waals surface area contributed by atoms with Crippen molar-refractivity contribution in [3.63, 3.8) is 0 Å². The van der Waals surface area contributed by atoms with Crippen molar-refractivity contribution < 1.29 is 14.4 Å². The van der Waals surface area contributed by atoms with Crippen LogP contribution in [0.2, 0.25) is 0 Å². The maximum Gasteiger partial charge on any atom is 0.308 e. The van der Waals surface area contributed by atoms with Crippen molar-refractivity contribution in [3.8, 4) is 0 Å². The number of para-hydroxylation sites is 1. The number of carbonyl (C=O) groups is 3. The summed E-state index contributed by atoms with van der Waals surface area (Å²) in [6.45, 7) is 5.28. The Morgan fingerprint density at radius 1 is 1.03 bits per heavy atom. The highest BCUT2D eigenvalue weighted by molar-refractivity contribution is 8.00. The highest BCUT2D eigenvalue weighted by Crippen LogP contribution is 2.54. The summed E-state index contributed by atoms with van der Waals surface area (Å²) in [4.78, 5) is 56.2. The number of carbonyl (C=O) groups excluding carboxylic acids is 3. The number of amides is 3. The Labute approximate surface area is 194 Å². The molecule has 2 saturated heterocycles. The van der Waals surface area contributed by atoms with Crippen LogP contribution < -0.4 is 9.77 Å². The first-order chi connectivity index (χ1) is 15.3. The van der Waals surface area contributed by atoms with Crippen LogP contribution in [-0.4, -0.2) is 45.5 Å². The second-order valence-corrected chi connectivity index (χ2v) is 11.2. The van der Waals surface area contributed by atoms with E-state index in [0.29, 0.717) is 10.7 Å². The van der Waals surface area contributed by atoms with Gasteiger partial charge in [-0.25, -0.2) is 4.90 Å². The van der Waals surface area contributed by atoms with Crippen molar-refractivity contribution in [2.75, 3.05) is 18.0 Å². The second kappa shape index (κ2) is 7.88.